The van der Waals surface area contributed by atoms with Crippen molar-refractivity contribution in [1.29, 1.82) is 0 Å². The average molecular weight is 245 g/mol. The van der Waals surface area contributed by atoms with E-state index in [1.807, 2.05) is 0 Å². The van der Waals surface area contributed by atoms with Gasteiger partial charge < -0.3 is 10.3 Å². The molecule has 0 spiro atoms. The van der Waals surface area contributed by atoms with E-state index < -0.39 is 0 Å². The predicted molar refractivity (Wildman–Crippen MR) is 64.8 cm³/mol. The van der Waals surface area contributed by atoms with Crippen LogP contribution in [-0.4, -0.2) is 6.54 Å². The van der Waals surface area contributed by atoms with Crippen molar-refractivity contribution in [3.05, 3.63) is 32.9 Å². The van der Waals surface area contributed by atoms with Crippen LogP contribution in [0.2, 0.25) is 10.0 Å². The van der Waals surface area contributed by atoms with Crippen LogP contribution in [0.4, 0.5) is 5.69 Å². The van der Waals surface area contributed by atoms with Gasteiger partial charge in [-0.3, -0.25) is 0 Å². The summed E-state index contributed by atoms with van der Waals surface area (Å²) < 4.78 is 0. The van der Waals surface area contributed by atoms with Crippen molar-refractivity contribution in [2.75, 3.05) is 11.6 Å². The van der Waals surface area contributed by atoms with Crippen molar-refractivity contribution in [2.45, 2.75) is 25.7 Å². The van der Waals surface area contributed by atoms with Crippen molar-refractivity contribution in [1.82, 2.24) is 0 Å². The molecule has 0 amide bonds. The first-order valence-electron chi connectivity index (χ1n) is 4.86. The van der Waals surface area contributed by atoms with Crippen molar-refractivity contribution in [3.8, 4) is 0 Å². The van der Waals surface area contributed by atoms with Crippen LogP contribution >= 0.6 is 23.2 Å². The second kappa shape index (κ2) is 3.55. The first-order valence-corrected chi connectivity index (χ1v) is 5.62. The van der Waals surface area contributed by atoms with E-state index in [9.17, 15) is 5.21 Å². The molecule has 0 unspecified atom stereocenters. The molecule has 0 N–H and O–H groups in total. The summed E-state index contributed by atoms with van der Waals surface area (Å²) >= 11 is 12.2. The molecule has 1 heterocycles. The molecule has 1 aliphatic rings. The molecule has 0 saturated carbocycles. The molecule has 0 radical (unpaired) electrons. The molecule has 1 aliphatic heterocycles. The second-order valence-corrected chi connectivity index (χ2v) is 5.30. The van der Waals surface area contributed by atoms with Crippen LogP contribution in [0, 0.1) is 5.21 Å². The van der Waals surface area contributed by atoms with E-state index in [0.29, 0.717) is 22.3 Å². The van der Waals surface area contributed by atoms with Gasteiger partial charge in [0.2, 0.25) is 0 Å². The monoisotopic (exact) mass is 244 g/mol. The minimum Gasteiger partial charge on any atom is -0.758 e. The van der Waals surface area contributed by atoms with Gasteiger partial charge in [-0.2, -0.15) is 0 Å². The van der Waals surface area contributed by atoms with E-state index in [1.54, 1.807) is 12.1 Å². The number of hydrogen-bond acceptors (Lipinski definition) is 2. The Kier molecular flexibility index (Phi) is 2.61. The normalized spacial score (nSPS) is 18.9. The smallest absolute Gasteiger partial charge is 0.0635 e. The summed E-state index contributed by atoms with van der Waals surface area (Å²) in [7, 11) is 0. The number of anilines is 1. The summed E-state index contributed by atoms with van der Waals surface area (Å²) in [6, 6.07) is 3.43. The first kappa shape index (κ1) is 11.1. The summed E-state index contributed by atoms with van der Waals surface area (Å²) in [5.74, 6) is 0. The zero-order chi connectivity index (χ0) is 11.2. The van der Waals surface area contributed by atoms with Gasteiger partial charge in [-0.1, -0.05) is 37.0 Å². The fourth-order valence-corrected chi connectivity index (χ4v) is 2.71. The van der Waals surface area contributed by atoms with Crippen LogP contribution in [0.15, 0.2) is 12.1 Å². The van der Waals surface area contributed by atoms with Gasteiger partial charge in [0, 0.05) is 17.1 Å². The fourth-order valence-electron chi connectivity index (χ4n) is 2.05. The summed E-state index contributed by atoms with van der Waals surface area (Å²) in [4.78, 5) is 0. The molecule has 15 heavy (non-hydrogen) atoms. The minimum absolute atomic E-state index is 0.0851. The van der Waals surface area contributed by atoms with E-state index in [-0.39, 0.29) is 5.41 Å². The standard InChI is InChI=1S/C11H12Cl2NO/c1-11(2)5-6-14(15)10-8(13)4-3-7(12)9(10)11/h3-4H,5-6H2,1-2H3/q-1. The Labute approximate surface area is 99.4 Å². The molecule has 4 heteroatoms. The molecule has 82 valence electrons. The van der Waals surface area contributed by atoms with E-state index in [1.165, 1.54) is 0 Å². The van der Waals surface area contributed by atoms with Gasteiger partial charge in [-0.25, -0.2) is 0 Å². The minimum atomic E-state index is -0.0851. The lowest BCUT2D eigenvalue weighted by molar-refractivity contribution is 0.466. The topological polar surface area (TPSA) is 26.3 Å². The van der Waals surface area contributed by atoms with E-state index in [4.69, 9.17) is 23.2 Å². The summed E-state index contributed by atoms with van der Waals surface area (Å²) in [6.45, 7) is 4.64. The van der Waals surface area contributed by atoms with Crippen molar-refractivity contribution in [3.63, 3.8) is 0 Å². The van der Waals surface area contributed by atoms with Crippen LogP contribution in [0.3, 0.4) is 0 Å². The van der Waals surface area contributed by atoms with Gasteiger partial charge in [-0.05, 0) is 24.0 Å². The fraction of sp³-hybridized carbons (Fsp3) is 0.455. The van der Waals surface area contributed by atoms with Gasteiger partial charge >= 0.3 is 0 Å². The first-order chi connectivity index (χ1) is 6.93. The Morgan fingerprint density at radius 3 is 2.47 bits per heavy atom. The highest BCUT2D eigenvalue weighted by atomic mass is 35.5. The number of halogens is 2. The Balaban J connectivity index is 2.72. The van der Waals surface area contributed by atoms with Crippen LogP contribution in [0.5, 0.6) is 0 Å². The van der Waals surface area contributed by atoms with Gasteiger partial charge in [-0.15, -0.1) is 0 Å². The number of rotatable bonds is 0. The molecule has 0 aliphatic carbocycles. The number of hydroxylamine groups is 1. The number of hydrogen-bond donors (Lipinski definition) is 0. The zero-order valence-electron chi connectivity index (χ0n) is 8.68. The van der Waals surface area contributed by atoms with Crippen molar-refractivity contribution < 1.29 is 0 Å². The molecule has 0 fully saturated rings. The molecule has 0 atom stereocenters. The molecular formula is C11H12Cl2NO-. The molecule has 2 rings (SSSR count). The van der Waals surface area contributed by atoms with Crippen LogP contribution < -0.4 is 5.06 Å². The third-order valence-electron chi connectivity index (χ3n) is 2.94. The lowest BCUT2D eigenvalue weighted by atomic mass is 9.78. The van der Waals surface area contributed by atoms with Gasteiger partial charge in [0.25, 0.3) is 0 Å². The van der Waals surface area contributed by atoms with Crippen molar-refractivity contribution in [2.24, 2.45) is 0 Å². The SMILES string of the molecule is CC1(C)CCN([O-])c2c(Cl)ccc(Cl)c21. The van der Waals surface area contributed by atoms with Crippen LogP contribution in [-0.2, 0) is 5.41 Å². The highest BCUT2D eigenvalue weighted by Crippen LogP contribution is 2.46. The summed E-state index contributed by atoms with van der Waals surface area (Å²) in [6.07, 6.45) is 0.795. The Hall–Kier alpha value is -0.440. The van der Waals surface area contributed by atoms with Gasteiger partial charge in [0.1, 0.15) is 0 Å². The molecule has 0 bridgehead atoms. The van der Waals surface area contributed by atoms with Crippen molar-refractivity contribution >= 4 is 28.9 Å². The quantitative estimate of drug-likeness (QED) is 0.691. The summed E-state index contributed by atoms with van der Waals surface area (Å²) in [5.41, 5.74) is 1.33. The number of nitrogens with zero attached hydrogens (tertiary/aromatic N) is 1. The maximum Gasteiger partial charge on any atom is 0.0635 e. The predicted octanol–water partition coefficient (Wildman–Crippen LogP) is 3.98. The Bertz CT molecular complexity index is 404. The highest BCUT2D eigenvalue weighted by Gasteiger charge is 2.31. The largest absolute Gasteiger partial charge is 0.758 e. The Morgan fingerprint density at radius 2 is 1.87 bits per heavy atom. The molecule has 1 aromatic carbocycles. The average Bonchev–Trinajstić information content (AvgIpc) is 2.16. The van der Waals surface area contributed by atoms with E-state index in [0.717, 1.165) is 17.0 Å². The third-order valence-corrected chi connectivity index (χ3v) is 3.56. The maximum absolute atomic E-state index is 11.7. The van der Waals surface area contributed by atoms with Crippen LogP contribution in [0.25, 0.3) is 0 Å². The second-order valence-electron chi connectivity index (χ2n) is 4.49. The van der Waals surface area contributed by atoms with E-state index in [2.05, 4.69) is 13.8 Å². The Morgan fingerprint density at radius 1 is 1.27 bits per heavy atom. The lowest BCUT2D eigenvalue weighted by Crippen LogP contribution is -2.34. The molecule has 2 nitrogen and oxygen atoms in total. The molecule has 0 saturated heterocycles. The van der Waals surface area contributed by atoms with E-state index >= 15 is 0 Å². The molecule has 1 aromatic rings. The highest BCUT2D eigenvalue weighted by molar-refractivity contribution is 6.36. The lowest BCUT2D eigenvalue weighted by Gasteiger charge is -2.44. The molecular weight excluding hydrogens is 233 g/mol. The zero-order valence-corrected chi connectivity index (χ0v) is 10.2. The third kappa shape index (κ3) is 1.71. The van der Waals surface area contributed by atoms with Crippen LogP contribution in [0.1, 0.15) is 25.8 Å². The number of benzene rings is 1. The van der Waals surface area contributed by atoms with Gasteiger partial charge in [0.15, 0.2) is 0 Å². The number of fused-ring (bicyclic) bond motifs is 1. The molecule has 0 aromatic heterocycles. The summed E-state index contributed by atoms with van der Waals surface area (Å²) in [5, 5.41) is 13.8. The van der Waals surface area contributed by atoms with Gasteiger partial charge in [0.05, 0.1) is 10.7 Å². The maximum atomic E-state index is 11.7.